The number of hydrogen-bond donors (Lipinski definition) is 0. The molecule has 0 fully saturated rings. The van der Waals surface area contributed by atoms with Gasteiger partial charge in [-0.15, -0.1) is 0 Å². The molecule has 0 aliphatic heterocycles. The lowest BCUT2D eigenvalue weighted by Gasteiger charge is -2.05. The predicted octanol–water partition coefficient (Wildman–Crippen LogP) is 2.60. The van der Waals surface area contributed by atoms with E-state index in [1.807, 2.05) is 13.0 Å². The maximum Gasteiger partial charge on any atom is 0.137 e. The topological polar surface area (TPSA) is 33.0 Å². The van der Waals surface area contributed by atoms with E-state index in [9.17, 15) is 0 Å². The molecule has 0 saturated heterocycles. The van der Waals surface area contributed by atoms with Crippen molar-refractivity contribution in [1.29, 1.82) is 5.26 Å². The van der Waals surface area contributed by atoms with Crippen molar-refractivity contribution in [3.63, 3.8) is 0 Å². The van der Waals surface area contributed by atoms with Gasteiger partial charge in [-0.25, -0.2) is 0 Å². The van der Waals surface area contributed by atoms with Gasteiger partial charge in [-0.3, -0.25) is 0 Å². The van der Waals surface area contributed by atoms with Crippen LogP contribution < -0.4 is 4.74 Å². The average molecular weight is 173 g/mol. The standard InChI is InChI=1S/C11H11NO/c1-3-9-5-6-11(13-4-2)10(7-9)8-12/h3,5-7H,1,4H2,2H3. The fourth-order valence-electron chi connectivity index (χ4n) is 1.04. The van der Waals surface area contributed by atoms with Crippen molar-refractivity contribution in [2.75, 3.05) is 6.61 Å². The second-order valence-corrected chi connectivity index (χ2v) is 2.50. The van der Waals surface area contributed by atoms with Gasteiger partial charge in [-0.05, 0) is 24.6 Å². The zero-order valence-electron chi connectivity index (χ0n) is 7.58. The smallest absolute Gasteiger partial charge is 0.137 e. The first-order chi connectivity index (χ1) is 6.31. The maximum atomic E-state index is 8.80. The van der Waals surface area contributed by atoms with E-state index in [1.165, 1.54) is 0 Å². The van der Waals surface area contributed by atoms with Gasteiger partial charge in [-0.2, -0.15) is 5.26 Å². The fraction of sp³-hybridized carbons (Fsp3) is 0.182. The molecule has 2 heteroatoms. The number of nitrogens with zero attached hydrogens (tertiary/aromatic N) is 1. The van der Waals surface area contributed by atoms with E-state index in [2.05, 4.69) is 12.6 Å². The number of rotatable bonds is 3. The molecule has 1 aromatic rings. The SMILES string of the molecule is C=Cc1ccc(OCC)c(C#N)c1. The Morgan fingerprint density at radius 3 is 2.92 bits per heavy atom. The molecule has 0 aliphatic carbocycles. The molecule has 0 bridgehead atoms. The highest BCUT2D eigenvalue weighted by molar-refractivity contribution is 5.55. The van der Waals surface area contributed by atoms with Gasteiger partial charge in [-0.1, -0.05) is 18.7 Å². The highest BCUT2D eigenvalue weighted by Crippen LogP contribution is 2.19. The van der Waals surface area contributed by atoms with Crippen LogP contribution in [-0.2, 0) is 0 Å². The van der Waals surface area contributed by atoms with Crippen LogP contribution in [0.25, 0.3) is 6.08 Å². The Hall–Kier alpha value is -1.75. The zero-order chi connectivity index (χ0) is 9.68. The first-order valence-electron chi connectivity index (χ1n) is 4.11. The lowest BCUT2D eigenvalue weighted by Crippen LogP contribution is -1.94. The lowest BCUT2D eigenvalue weighted by atomic mass is 10.1. The molecule has 0 aromatic heterocycles. The second-order valence-electron chi connectivity index (χ2n) is 2.50. The Bertz CT molecular complexity index is 350. The third kappa shape index (κ3) is 2.09. The van der Waals surface area contributed by atoms with Crippen molar-refractivity contribution in [2.24, 2.45) is 0 Å². The molecule has 1 rings (SSSR count). The molecule has 0 heterocycles. The van der Waals surface area contributed by atoms with Gasteiger partial charge >= 0.3 is 0 Å². The monoisotopic (exact) mass is 173 g/mol. The van der Waals surface area contributed by atoms with Crippen LogP contribution in [0.5, 0.6) is 5.75 Å². The summed E-state index contributed by atoms with van der Waals surface area (Å²) in [5.74, 6) is 0.635. The molecule has 2 nitrogen and oxygen atoms in total. The van der Waals surface area contributed by atoms with Crippen LogP contribution in [0.3, 0.4) is 0 Å². The molecule has 0 amide bonds. The zero-order valence-corrected chi connectivity index (χ0v) is 7.58. The Balaban J connectivity index is 3.09. The average Bonchev–Trinajstić information content (AvgIpc) is 2.19. The third-order valence-electron chi connectivity index (χ3n) is 1.66. The molecule has 0 aliphatic rings. The van der Waals surface area contributed by atoms with Crippen LogP contribution in [0.2, 0.25) is 0 Å². The summed E-state index contributed by atoms with van der Waals surface area (Å²) in [6.07, 6.45) is 1.70. The number of benzene rings is 1. The molecule has 0 radical (unpaired) electrons. The quantitative estimate of drug-likeness (QED) is 0.703. The van der Waals surface area contributed by atoms with E-state index in [1.54, 1.807) is 18.2 Å². The Kier molecular flexibility index (Phi) is 3.10. The van der Waals surface area contributed by atoms with E-state index in [0.29, 0.717) is 17.9 Å². The van der Waals surface area contributed by atoms with E-state index in [-0.39, 0.29) is 0 Å². The Labute approximate surface area is 78.1 Å². The van der Waals surface area contributed by atoms with Gasteiger partial charge in [0.15, 0.2) is 0 Å². The number of nitriles is 1. The predicted molar refractivity (Wildman–Crippen MR) is 52.4 cm³/mol. The molecular weight excluding hydrogens is 162 g/mol. The summed E-state index contributed by atoms with van der Waals surface area (Å²) < 4.78 is 5.27. The third-order valence-corrected chi connectivity index (χ3v) is 1.66. The van der Waals surface area contributed by atoms with Crippen molar-refractivity contribution in [3.05, 3.63) is 35.9 Å². The maximum absolute atomic E-state index is 8.80. The molecule has 0 atom stereocenters. The number of hydrogen-bond acceptors (Lipinski definition) is 2. The second kappa shape index (κ2) is 4.32. The highest BCUT2D eigenvalue weighted by atomic mass is 16.5. The summed E-state index contributed by atoms with van der Waals surface area (Å²) in [7, 11) is 0. The van der Waals surface area contributed by atoms with Crippen molar-refractivity contribution >= 4 is 6.08 Å². The number of ether oxygens (including phenoxy) is 1. The molecule has 0 N–H and O–H groups in total. The van der Waals surface area contributed by atoms with Crippen molar-refractivity contribution in [3.8, 4) is 11.8 Å². The minimum Gasteiger partial charge on any atom is -0.492 e. The van der Waals surface area contributed by atoms with Crippen molar-refractivity contribution in [2.45, 2.75) is 6.92 Å². The summed E-state index contributed by atoms with van der Waals surface area (Å²) in [4.78, 5) is 0. The van der Waals surface area contributed by atoms with Crippen LogP contribution in [0.1, 0.15) is 18.1 Å². The first-order valence-corrected chi connectivity index (χ1v) is 4.11. The van der Waals surface area contributed by atoms with Crippen molar-refractivity contribution < 1.29 is 4.74 Å². The van der Waals surface area contributed by atoms with E-state index in [0.717, 1.165) is 5.56 Å². The summed E-state index contributed by atoms with van der Waals surface area (Å²) in [6, 6.07) is 7.51. The van der Waals surface area contributed by atoms with Crippen LogP contribution >= 0.6 is 0 Å². The Morgan fingerprint density at radius 2 is 2.38 bits per heavy atom. The van der Waals surface area contributed by atoms with Crippen LogP contribution in [0.15, 0.2) is 24.8 Å². The molecular formula is C11H11NO. The van der Waals surface area contributed by atoms with Gasteiger partial charge in [0.05, 0.1) is 12.2 Å². The van der Waals surface area contributed by atoms with Crippen LogP contribution in [0, 0.1) is 11.3 Å². The minimum absolute atomic E-state index is 0.555. The van der Waals surface area contributed by atoms with E-state index >= 15 is 0 Å². The molecule has 66 valence electrons. The summed E-state index contributed by atoms with van der Waals surface area (Å²) in [5, 5.41) is 8.80. The molecule has 0 saturated carbocycles. The highest BCUT2D eigenvalue weighted by Gasteiger charge is 2.01. The van der Waals surface area contributed by atoms with Crippen LogP contribution in [0.4, 0.5) is 0 Å². The van der Waals surface area contributed by atoms with Gasteiger partial charge in [0.25, 0.3) is 0 Å². The summed E-state index contributed by atoms with van der Waals surface area (Å²) >= 11 is 0. The normalized spacial score (nSPS) is 8.92. The molecule has 1 aromatic carbocycles. The minimum atomic E-state index is 0.555. The largest absolute Gasteiger partial charge is 0.492 e. The first kappa shape index (κ1) is 9.34. The Morgan fingerprint density at radius 1 is 1.62 bits per heavy atom. The van der Waals surface area contributed by atoms with Gasteiger partial charge in [0.1, 0.15) is 11.8 Å². The summed E-state index contributed by atoms with van der Waals surface area (Å²) in [5.41, 5.74) is 1.49. The van der Waals surface area contributed by atoms with Crippen molar-refractivity contribution in [1.82, 2.24) is 0 Å². The molecule has 0 unspecified atom stereocenters. The summed E-state index contributed by atoms with van der Waals surface area (Å²) in [6.45, 7) is 6.09. The van der Waals surface area contributed by atoms with E-state index in [4.69, 9.17) is 10.00 Å². The fourth-order valence-corrected chi connectivity index (χ4v) is 1.04. The van der Waals surface area contributed by atoms with Crippen LogP contribution in [-0.4, -0.2) is 6.61 Å². The van der Waals surface area contributed by atoms with E-state index < -0.39 is 0 Å². The lowest BCUT2D eigenvalue weighted by molar-refractivity contribution is 0.339. The van der Waals surface area contributed by atoms with Gasteiger partial charge in [0.2, 0.25) is 0 Å². The van der Waals surface area contributed by atoms with Gasteiger partial charge in [0, 0.05) is 0 Å². The molecule has 13 heavy (non-hydrogen) atoms. The molecule has 0 spiro atoms. The van der Waals surface area contributed by atoms with Gasteiger partial charge < -0.3 is 4.74 Å².